The van der Waals surface area contributed by atoms with Crippen LogP contribution in [0.15, 0.2) is 54.6 Å². The van der Waals surface area contributed by atoms with Crippen LogP contribution in [0.4, 0.5) is 9.18 Å². The first-order chi connectivity index (χ1) is 21.2. The number of carbonyl (C=O) groups excluding carboxylic acids is 5. The Kier molecular flexibility index (Phi) is 13.9. The van der Waals surface area contributed by atoms with Crippen LogP contribution in [0.2, 0.25) is 0 Å². The summed E-state index contributed by atoms with van der Waals surface area (Å²) < 4.78 is 18.8. The van der Waals surface area contributed by atoms with Crippen molar-refractivity contribution in [1.29, 1.82) is 0 Å². The number of carbonyl (C=O) groups is 6. The minimum Gasteiger partial charge on any atom is -0.508 e. The molecule has 0 heterocycles. The van der Waals surface area contributed by atoms with Crippen LogP contribution in [-0.2, 0) is 41.7 Å². The fraction of sp³-hybridized carbons (Fsp3) is 0.419. The first-order valence-corrected chi connectivity index (χ1v) is 14.2. The number of ether oxygens (including phenoxy) is 1. The summed E-state index contributed by atoms with van der Waals surface area (Å²) in [6.45, 7) is 5.40. The molecule has 0 bridgehead atoms. The number of aliphatic carboxylic acids is 1. The van der Waals surface area contributed by atoms with E-state index in [1.807, 2.05) is 0 Å². The summed E-state index contributed by atoms with van der Waals surface area (Å²) >= 11 is 0. The number of Topliss-reactive ketones (excluding diaryl/α,β-unsaturated/α-hetero) is 1. The van der Waals surface area contributed by atoms with Crippen molar-refractivity contribution < 1.29 is 48.1 Å². The number of ketones is 1. The smallest absolute Gasteiger partial charge is 0.408 e. The maximum atomic E-state index is 13.5. The maximum Gasteiger partial charge on any atom is 0.408 e. The largest absolute Gasteiger partial charge is 0.508 e. The molecule has 244 valence electrons. The Hall–Kier alpha value is -5.01. The molecule has 0 saturated carbocycles. The Morgan fingerprint density at radius 3 is 1.93 bits per heavy atom. The van der Waals surface area contributed by atoms with Crippen molar-refractivity contribution >= 4 is 35.6 Å². The molecule has 0 radical (unpaired) electrons. The Morgan fingerprint density at radius 2 is 1.38 bits per heavy atom. The van der Waals surface area contributed by atoms with Gasteiger partial charge in [-0.25, -0.2) is 9.18 Å². The van der Waals surface area contributed by atoms with Gasteiger partial charge in [-0.05, 0) is 43.0 Å². The Morgan fingerprint density at radius 1 is 0.756 bits per heavy atom. The number of hydrogen-bond donors (Lipinski definition) is 6. The van der Waals surface area contributed by atoms with Crippen molar-refractivity contribution in [2.24, 2.45) is 5.92 Å². The molecule has 2 unspecified atom stereocenters. The first kappa shape index (κ1) is 36.2. The first-order valence-electron chi connectivity index (χ1n) is 14.2. The highest BCUT2D eigenvalue weighted by Gasteiger charge is 2.33. The monoisotopic (exact) mass is 630 g/mol. The third-order valence-corrected chi connectivity index (χ3v) is 6.63. The highest BCUT2D eigenvalue weighted by Crippen LogP contribution is 2.13. The predicted molar refractivity (Wildman–Crippen MR) is 159 cm³/mol. The molecule has 6 N–H and O–H groups in total. The van der Waals surface area contributed by atoms with E-state index in [1.54, 1.807) is 56.3 Å². The minimum absolute atomic E-state index is 0.00235. The van der Waals surface area contributed by atoms with Gasteiger partial charge in [-0.1, -0.05) is 56.3 Å². The van der Waals surface area contributed by atoms with Gasteiger partial charge < -0.3 is 36.2 Å². The molecule has 2 rings (SSSR count). The number of halogens is 1. The third kappa shape index (κ3) is 12.3. The molecule has 0 aromatic heterocycles. The SMILES string of the molecule is CC(F)C(=O)[C@H](CC(=O)O)NC(=O)[C@H](C)NC(=O)[C@@H](NC(=O)C(Cc1ccc(O)cc1)NC(=O)OCc1ccccc1)C(C)C. The zero-order valence-electron chi connectivity index (χ0n) is 25.4. The summed E-state index contributed by atoms with van der Waals surface area (Å²) in [5, 5.41) is 28.3. The van der Waals surface area contributed by atoms with Crippen molar-refractivity contribution in [3.63, 3.8) is 0 Å². The lowest BCUT2D eigenvalue weighted by atomic mass is 10.0. The van der Waals surface area contributed by atoms with E-state index in [9.17, 15) is 38.3 Å². The van der Waals surface area contributed by atoms with E-state index in [0.717, 1.165) is 12.5 Å². The molecule has 45 heavy (non-hydrogen) atoms. The highest BCUT2D eigenvalue weighted by molar-refractivity contribution is 5.97. The molecule has 13 nitrogen and oxygen atoms in total. The Bertz CT molecular complexity index is 1340. The second-order valence-corrected chi connectivity index (χ2v) is 10.8. The molecule has 0 spiro atoms. The molecule has 0 saturated heterocycles. The van der Waals surface area contributed by atoms with Crippen molar-refractivity contribution in [3.8, 4) is 5.75 Å². The van der Waals surface area contributed by atoms with Gasteiger partial charge in [0, 0.05) is 6.42 Å². The van der Waals surface area contributed by atoms with E-state index in [4.69, 9.17) is 9.84 Å². The van der Waals surface area contributed by atoms with Gasteiger partial charge in [0.1, 0.15) is 36.5 Å². The van der Waals surface area contributed by atoms with E-state index >= 15 is 0 Å². The average Bonchev–Trinajstić information content (AvgIpc) is 2.98. The van der Waals surface area contributed by atoms with Crippen LogP contribution in [0.5, 0.6) is 5.75 Å². The van der Waals surface area contributed by atoms with Crippen molar-refractivity contribution in [2.45, 2.75) is 77.5 Å². The molecular weight excluding hydrogens is 591 g/mol. The predicted octanol–water partition coefficient (Wildman–Crippen LogP) is 1.76. The second kappa shape index (κ2) is 17.3. The molecular formula is C31H39FN4O9. The average molecular weight is 631 g/mol. The summed E-state index contributed by atoms with van der Waals surface area (Å²) in [6.07, 6.45) is -3.79. The van der Waals surface area contributed by atoms with Crippen LogP contribution in [0, 0.1) is 5.92 Å². The molecule has 2 aromatic carbocycles. The quantitative estimate of drug-likeness (QED) is 0.160. The lowest BCUT2D eigenvalue weighted by molar-refractivity contribution is -0.141. The number of carboxylic acid groups (broad SMARTS) is 1. The minimum atomic E-state index is -2.03. The van der Waals surface area contributed by atoms with Crippen LogP contribution in [0.3, 0.4) is 0 Å². The van der Waals surface area contributed by atoms with Gasteiger partial charge in [0.25, 0.3) is 0 Å². The van der Waals surface area contributed by atoms with Gasteiger partial charge in [0.15, 0.2) is 12.0 Å². The molecule has 4 amide bonds. The van der Waals surface area contributed by atoms with Gasteiger partial charge >= 0.3 is 12.1 Å². The van der Waals surface area contributed by atoms with E-state index in [2.05, 4.69) is 21.3 Å². The number of alkyl halides is 1. The molecule has 5 atom stereocenters. The van der Waals surface area contributed by atoms with Gasteiger partial charge in [-0.15, -0.1) is 0 Å². The van der Waals surface area contributed by atoms with Gasteiger partial charge in [-0.2, -0.15) is 0 Å². The number of carboxylic acids is 1. The number of benzene rings is 2. The zero-order valence-corrected chi connectivity index (χ0v) is 25.4. The summed E-state index contributed by atoms with van der Waals surface area (Å²) in [4.78, 5) is 75.1. The maximum absolute atomic E-state index is 13.5. The number of aromatic hydroxyl groups is 1. The summed E-state index contributed by atoms with van der Waals surface area (Å²) in [5.41, 5.74) is 1.31. The Labute approximate surface area is 259 Å². The zero-order chi connectivity index (χ0) is 33.7. The van der Waals surface area contributed by atoms with Crippen LogP contribution in [-0.4, -0.2) is 76.1 Å². The van der Waals surface area contributed by atoms with Crippen molar-refractivity contribution in [2.75, 3.05) is 0 Å². The van der Waals surface area contributed by atoms with Gasteiger partial charge in [0.2, 0.25) is 17.7 Å². The number of phenols is 1. The molecule has 0 fully saturated rings. The molecule has 0 aliphatic carbocycles. The van der Waals surface area contributed by atoms with Gasteiger partial charge in [-0.3, -0.25) is 24.0 Å². The highest BCUT2D eigenvalue weighted by atomic mass is 19.1. The molecule has 14 heteroatoms. The summed E-state index contributed by atoms with van der Waals surface area (Å²) in [5.74, 6) is -5.53. The second-order valence-electron chi connectivity index (χ2n) is 10.8. The van der Waals surface area contributed by atoms with Crippen LogP contribution in [0.1, 0.15) is 45.2 Å². The number of amides is 4. The van der Waals surface area contributed by atoms with Crippen LogP contribution < -0.4 is 21.3 Å². The number of nitrogens with one attached hydrogen (secondary N) is 4. The fourth-order valence-electron chi connectivity index (χ4n) is 4.11. The molecule has 2 aromatic rings. The number of alkyl carbamates (subject to hydrolysis) is 1. The third-order valence-electron chi connectivity index (χ3n) is 6.63. The normalized spacial score (nSPS) is 14.2. The van der Waals surface area contributed by atoms with E-state index < -0.39 is 78.2 Å². The standard InChI is InChI=1S/C31H39FN4O9/c1-17(2)26(30(43)33-19(4)28(41)34-23(15-25(38)39)27(40)18(3)32)36-29(42)24(14-20-10-12-22(37)13-11-20)35-31(44)45-16-21-8-6-5-7-9-21/h5-13,17-19,23-24,26,37H,14-16H2,1-4H3,(H,33,43)(H,34,41)(H,35,44)(H,36,42)(H,38,39)/t18?,19-,23-,24?,26-/m0/s1. The van der Waals surface area contributed by atoms with Crippen LogP contribution in [0.25, 0.3) is 0 Å². The summed E-state index contributed by atoms with van der Waals surface area (Å²) in [6, 6.07) is 9.47. The molecule has 0 aliphatic heterocycles. The Balaban J connectivity index is 2.14. The van der Waals surface area contributed by atoms with Crippen molar-refractivity contribution in [1.82, 2.24) is 21.3 Å². The van der Waals surface area contributed by atoms with E-state index in [-0.39, 0.29) is 18.8 Å². The summed E-state index contributed by atoms with van der Waals surface area (Å²) in [7, 11) is 0. The van der Waals surface area contributed by atoms with Crippen molar-refractivity contribution in [3.05, 3.63) is 65.7 Å². The van der Waals surface area contributed by atoms with Gasteiger partial charge in [0.05, 0.1) is 6.42 Å². The number of phenolic OH excluding ortho intramolecular Hbond substituents is 1. The lowest BCUT2D eigenvalue weighted by Crippen LogP contribution is -2.59. The van der Waals surface area contributed by atoms with E-state index in [1.165, 1.54) is 19.1 Å². The molecule has 0 aliphatic rings. The van der Waals surface area contributed by atoms with E-state index in [0.29, 0.717) is 5.56 Å². The fourth-order valence-corrected chi connectivity index (χ4v) is 4.11. The lowest BCUT2D eigenvalue weighted by Gasteiger charge is -2.27. The van der Waals surface area contributed by atoms with Crippen LogP contribution >= 0.6 is 0 Å². The number of rotatable bonds is 16. The number of hydrogen-bond acceptors (Lipinski definition) is 8. The topological polar surface area (TPSA) is 200 Å².